The van der Waals surface area contributed by atoms with Crippen molar-refractivity contribution >= 4 is 5.95 Å². The highest BCUT2D eigenvalue weighted by molar-refractivity contribution is 5.11. The van der Waals surface area contributed by atoms with Crippen molar-refractivity contribution in [2.45, 2.75) is 6.92 Å². The minimum absolute atomic E-state index is 0.275. The molecule has 0 bridgehead atoms. The fraction of sp³-hybridized carbons (Fsp3) is 0.400. The molecule has 0 aliphatic carbocycles. The van der Waals surface area contributed by atoms with Gasteiger partial charge >= 0.3 is 0 Å². The van der Waals surface area contributed by atoms with Crippen LogP contribution in [0.4, 0.5) is 5.95 Å². The van der Waals surface area contributed by atoms with Crippen molar-refractivity contribution in [2.75, 3.05) is 12.8 Å². The first-order chi connectivity index (χ1) is 4.79. The molecule has 5 heteroatoms. The first kappa shape index (κ1) is 8.77. The van der Waals surface area contributed by atoms with Gasteiger partial charge in [0, 0.05) is 0 Å². The van der Waals surface area contributed by atoms with E-state index in [-0.39, 0.29) is 5.95 Å². The SMILES string of the molecule is CN.Cc1ncnc(N)n1. The second-order valence-corrected chi connectivity index (χ2v) is 1.39. The van der Waals surface area contributed by atoms with Gasteiger partial charge in [-0.05, 0) is 14.0 Å². The summed E-state index contributed by atoms with van der Waals surface area (Å²) < 4.78 is 0. The molecule has 0 fully saturated rings. The average Bonchev–Trinajstić information content (AvgIpc) is 1.91. The zero-order valence-electron chi connectivity index (χ0n) is 6.07. The van der Waals surface area contributed by atoms with Crippen molar-refractivity contribution in [1.82, 2.24) is 15.0 Å². The molecule has 4 N–H and O–H groups in total. The molecule has 0 radical (unpaired) electrons. The fourth-order valence-electron chi connectivity index (χ4n) is 0.395. The van der Waals surface area contributed by atoms with Gasteiger partial charge in [0.25, 0.3) is 0 Å². The van der Waals surface area contributed by atoms with E-state index in [4.69, 9.17) is 5.73 Å². The van der Waals surface area contributed by atoms with E-state index in [1.54, 1.807) is 6.92 Å². The largest absolute Gasteiger partial charge is 0.368 e. The quantitative estimate of drug-likeness (QED) is 0.500. The number of nitrogens with two attached hydrogens (primary N) is 2. The van der Waals surface area contributed by atoms with Crippen molar-refractivity contribution in [3.63, 3.8) is 0 Å². The molecule has 1 aromatic heterocycles. The van der Waals surface area contributed by atoms with E-state index in [1.165, 1.54) is 13.4 Å². The van der Waals surface area contributed by atoms with Gasteiger partial charge in [-0.2, -0.15) is 4.98 Å². The third-order valence-electron chi connectivity index (χ3n) is 0.711. The minimum Gasteiger partial charge on any atom is -0.368 e. The molecule has 0 aliphatic heterocycles. The van der Waals surface area contributed by atoms with Gasteiger partial charge in [-0.1, -0.05) is 0 Å². The van der Waals surface area contributed by atoms with Gasteiger partial charge < -0.3 is 11.5 Å². The summed E-state index contributed by atoms with van der Waals surface area (Å²) in [6.07, 6.45) is 1.39. The lowest BCUT2D eigenvalue weighted by Gasteiger charge is -1.88. The Balaban J connectivity index is 0.000000371. The van der Waals surface area contributed by atoms with Crippen LogP contribution in [0.1, 0.15) is 5.82 Å². The number of aromatic nitrogens is 3. The highest BCUT2D eigenvalue weighted by Gasteiger charge is 1.85. The maximum atomic E-state index is 5.20. The molecule has 1 rings (SSSR count). The van der Waals surface area contributed by atoms with Crippen LogP contribution in [0.15, 0.2) is 6.33 Å². The summed E-state index contributed by atoms with van der Waals surface area (Å²) in [4.78, 5) is 11.1. The number of aryl methyl sites for hydroxylation is 1. The topological polar surface area (TPSA) is 90.7 Å². The lowest BCUT2D eigenvalue weighted by molar-refractivity contribution is 0.988. The van der Waals surface area contributed by atoms with Crippen molar-refractivity contribution < 1.29 is 0 Å². The Kier molecular flexibility index (Phi) is 4.06. The molecule has 56 valence electrons. The van der Waals surface area contributed by atoms with Crippen molar-refractivity contribution in [1.29, 1.82) is 0 Å². The van der Waals surface area contributed by atoms with Crippen LogP contribution in [0.5, 0.6) is 0 Å². The number of nitrogens with zero attached hydrogens (tertiary/aromatic N) is 3. The Morgan fingerprint density at radius 3 is 2.20 bits per heavy atom. The summed E-state index contributed by atoms with van der Waals surface area (Å²) in [5, 5.41) is 0. The summed E-state index contributed by atoms with van der Waals surface area (Å²) >= 11 is 0. The number of hydrogen-bond acceptors (Lipinski definition) is 5. The smallest absolute Gasteiger partial charge is 0.223 e. The first-order valence-corrected chi connectivity index (χ1v) is 2.78. The van der Waals surface area contributed by atoms with Gasteiger partial charge in [-0.3, -0.25) is 0 Å². The lowest BCUT2D eigenvalue weighted by atomic mass is 10.7. The molecule has 1 aromatic rings. The number of rotatable bonds is 0. The van der Waals surface area contributed by atoms with Crippen molar-refractivity contribution in [3.05, 3.63) is 12.2 Å². The Morgan fingerprint density at radius 1 is 1.30 bits per heavy atom. The summed E-state index contributed by atoms with van der Waals surface area (Å²) in [6, 6.07) is 0. The number of anilines is 1. The highest BCUT2D eigenvalue weighted by atomic mass is 15.1. The van der Waals surface area contributed by atoms with E-state index < -0.39 is 0 Å². The summed E-state index contributed by atoms with van der Waals surface area (Å²) in [7, 11) is 1.50. The predicted molar refractivity (Wildman–Crippen MR) is 39.1 cm³/mol. The molecule has 1 heterocycles. The Morgan fingerprint density at radius 2 is 1.90 bits per heavy atom. The molecule has 0 spiro atoms. The van der Waals surface area contributed by atoms with E-state index in [2.05, 4.69) is 20.7 Å². The number of hydrogen-bond donors (Lipinski definition) is 2. The average molecular weight is 141 g/mol. The third-order valence-corrected chi connectivity index (χ3v) is 0.711. The van der Waals surface area contributed by atoms with E-state index in [9.17, 15) is 0 Å². The van der Waals surface area contributed by atoms with E-state index >= 15 is 0 Å². The second kappa shape index (κ2) is 4.63. The van der Waals surface area contributed by atoms with Gasteiger partial charge in [0.1, 0.15) is 12.2 Å². The van der Waals surface area contributed by atoms with Crippen LogP contribution in [0.25, 0.3) is 0 Å². The van der Waals surface area contributed by atoms with Crippen molar-refractivity contribution in [2.24, 2.45) is 5.73 Å². The molecule has 0 saturated heterocycles. The predicted octanol–water partition coefficient (Wildman–Crippen LogP) is -0.663. The van der Waals surface area contributed by atoms with Crippen LogP contribution < -0.4 is 11.5 Å². The molecular weight excluding hydrogens is 130 g/mol. The van der Waals surface area contributed by atoms with Crippen molar-refractivity contribution in [3.8, 4) is 0 Å². The van der Waals surface area contributed by atoms with Gasteiger partial charge in [0.05, 0.1) is 0 Å². The van der Waals surface area contributed by atoms with Crippen LogP contribution in [0.2, 0.25) is 0 Å². The maximum absolute atomic E-state index is 5.20. The van der Waals surface area contributed by atoms with E-state index in [0.29, 0.717) is 5.82 Å². The Labute approximate surface area is 59.5 Å². The minimum atomic E-state index is 0.275. The summed E-state index contributed by atoms with van der Waals surface area (Å²) in [5.41, 5.74) is 9.70. The molecule has 5 nitrogen and oxygen atoms in total. The zero-order chi connectivity index (χ0) is 7.98. The Bertz CT molecular complexity index is 170. The summed E-state index contributed by atoms with van der Waals surface area (Å²) in [6.45, 7) is 1.76. The van der Waals surface area contributed by atoms with Gasteiger partial charge in [-0.15, -0.1) is 0 Å². The first-order valence-electron chi connectivity index (χ1n) is 2.78. The zero-order valence-corrected chi connectivity index (χ0v) is 6.07. The monoisotopic (exact) mass is 141 g/mol. The van der Waals surface area contributed by atoms with Gasteiger partial charge in [-0.25, -0.2) is 9.97 Å². The molecule has 10 heavy (non-hydrogen) atoms. The van der Waals surface area contributed by atoms with Crippen LogP contribution in [0.3, 0.4) is 0 Å². The van der Waals surface area contributed by atoms with Gasteiger partial charge in [0.15, 0.2) is 0 Å². The van der Waals surface area contributed by atoms with Crippen LogP contribution >= 0.6 is 0 Å². The third kappa shape index (κ3) is 2.93. The van der Waals surface area contributed by atoms with Crippen LogP contribution in [-0.4, -0.2) is 22.0 Å². The van der Waals surface area contributed by atoms with E-state index in [0.717, 1.165) is 0 Å². The molecule has 0 saturated carbocycles. The van der Waals surface area contributed by atoms with Crippen LogP contribution in [-0.2, 0) is 0 Å². The van der Waals surface area contributed by atoms with Crippen LogP contribution in [0, 0.1) is 6.92 Å². The standard InChI is InChI=1S/C4H6N4.CH5N/c1-3-6-2-7-4(5)8-3;1-2/h2H,1H3,(H2,5,6,7,8);2H2,1H3. The highest BCUT2D eigenvalue weighted by Crippen LogP contribution is 1.86. The second-order valence-electron chi connectivity index (χ2n) is 1.39. The summed E-state index contributed by atoms with van der Waals surface area (Å²) in [5.74, 6) is 0.926. The lowest BCUT2D eigenvalue weighted by Crippen LogP contribution is -1.96. The molecule has 0 aliphatic rings. The molecule has 0 aromatic carbocycles. The maximum Gasteiger partial charge on any atom is 0.223 e. The molecule has 0 amide bonds. The normalized spacial score (nSPS) is 7.90. The number of nitrogen functional groups attached to an aromatic ring is 1. The molecule has 0 atom stereocenters. The van der Waals surface area contributed by atoms with E-state index in [1.807, 2.05) is 0 Å². The fourth-order valence-corrected chi connectivity index (χ4v) is 0.395. The molecule has 0 unspecified atom stereocenters. The molecular formula is C5H11N5. The Hall–Kier alpha value is -1.23. The van der Waals surface area contributed by atoms with Gasteiger partial charge in [0.2, 0.25) is 5.95 Å².